The summed E-state index contributed by atoms with van der Waals surface area (Å²) in [4.78, 5) is 8.00. The number of nitrogens with zero attached hydrogens (tertiary/aromatic N) is 3. The molecule has 0 aromatic carbocycles. The number of nitriles is 1. The summed E-state index contributed by atoms with van der Waals surface area (Å²) in [6, 6.07) is 2.07. The maximum Gasteiger partial charge on any atom is 0.158 e. The van der Waals surface area contributed by atoms with Crippen LogP contribution in [0.25, 0.3) is 0 Å². The van der Waals surface area contributed by atoms with Crippen LogP contribution in [0.4, 0.5) is 5.82 Å². The second-order valence-electron chi connectivity index (χ2n) is 3.91. The van der Waals surface area contributed by atoms with Crippen LogP contribution in [0.15, 0.2) is 12.4 Å². The standard InChI is InChI=1S/C11H16N4O/c1-8(2)10(3-4-16)15-11-7-13-9(5-12)6-14-11/h6-8,10,16H,3-4H2,1-2H3,(H,14,15). The van der Waals surface area contributed by atoms with Gasteiger partial charge in [0.15, 0.2) is 5.69 Å². The fourth-order valence-electron chi connectivity index (χ4n) is 1.36. The van der Waals surface area contributed by atoms with Crippen molar-refractivity contribution in [1.29, 1.82) is 5.26 Å². The van der Waals surface area contributed by atoms with Gasteiger partial charge in [-0.25, -0.2) is 9.97 Å². The van der Waals surface area contributed by atoms with Crippen molar-refractivity contribution in [3.63, 3.8) is 0 Å². The smallest absolute Gasteiger partial charge is 0.158 e. The summed E-state index contributed by atoms with van der Waals surface area (Å²) in [5.41, 5.74) is 0.300. The maximum absolute atomic E-state index is 8.93. The molecule has 5 heteroatoms. The normalized spacial score (nSPS) is 12.2. The topological polar surface area (TPSA) is 81.8 Å². The molecule has 1 atom stereocenters. The van der Waals surface area contributed by atoms with Crippen molar-refractivity contribution in [2.45, 2.75) is 26.3 Å². The summed E-state index contributed by atoms with van der Waals surface area (Å²) in [5, 5.41) is 20.7. The van der Waals surface area contributed by atoms with Gasteiger partial charge in [0.1, 0.15) is 11.9 Å². The highest BCUT2D eigenvalue weighted by atomic mass is 16.3. The van der Waals surface area contributed by atoms with Gasteiger partial charge in [-0.05, 0) is 12.3 Å². The minimum atomic E-state index is 0.138. The monoisotopic (exact) mass is 220 g/mol. The Morgan fingerprint density at radius 3 is 2.62 bits per heavy atom. The molecule has 16 heavy (non-hydrogen) atoms. The molecule has 2 N–H and O–H groups in total. The van der Waals surface area contributed by atoms with Gasteiger partial charge in [0, 0.05) is 12.6 Å². The van der Waals surface area contributed by atoms with E-state index in [1.165, 1.54) is 12.4 Å². The van der Waals surface area contributed by atoms with Crippen LogP contribution >= 0.6 is 0 Å². The first kappa shape index (κ1) is 12.4. The zero-order chi connectivity index (χ0) is 12.0. The molecule has 0 spiro atoms. The summed E-state index contributed by atoms with van der Waals surface area (Å²) < 4.78 is 0. The van der Waals surface area contributed by atoms with Crippen LogP contribution in [0, 0.1) is 17.2 Å². The molecule has 0 saturated heterocycles. The van der Waals surface area contributed by atoms with Crippen molar-refractivity contribution in [2.24, 2.45) is 5.92 Å². The van der Waals surface area contributed by atoms with E-state index in [2.05, 4.69) is 29.1 Å². The zero-order valence-corrected chi connectivity index (χ0v) is 9.51. The van der Waals surface area contributed by atoms with Crippen LogP contribution in [-0.2, 0) is 0 Å². The maximum atomic E-state index is 8.93. The van der Waals surface area contributed by atoms with Crippen LogP contribution in [0.5, 0.6) is 0 Å². The van der Waals surface area contributed by atoms with E-state index in [9.17, 15) is 0 Å². The highest BCUT2D eigenvalue weighted by Gasteiger charge is 2.12. The molecule has 86 valence electrons. The van der Waals surface area contributed by atoms with E-state index >= 15 is 0 Å². The Kier molecular flexibility index (Phi) is 4.67. The molecule has 0 fully saturated rings. The fourth-order valence-corrected chi connectivity index (χ4v) is 1.36. The van der Waals surface area contributed by atoms with Crippen molar-refractivity contribution >= 4 is 5.82 Å². The highest BCUT2D eigenvalue weighted by Crippen LogP contribution is 2.12. The van der Waals surface area contributed by atoms with E-state index in [0.29, 0.717) is 23.9 Å². The van der Waals surface area contributed by atoms with E-state index < -0.39 is 0 Å². The van der Waals surface area contributed by atoms with Crippen molar-refractivity contribution in [2.75, 3.05) is 11.9 Å². The number of nitrogens with one attached hydrogen (secondary N) is 1. The molecule has 0 aliphatic carbocycles. The van der Waals surface area contributed by atoms with Crippen LogP contribution in [0.3, 0.4) is 0 Å². The van der Waals surface area contributed by atoms with Crippen LogP contribution in [-0.4, -0.2) is 27.7 Å². The summed E-state index contributed by atoms with van der Waals surface area (Å²) in [6.45, 7) is 4.29. The Labute approximate surface area is 95.2 Å². The lowest BCUT2D eigenvalue weighted by Gasteiger charge is -2.21. The number of hydrogen-bond donors (Lipinski definition) is 2. The molecule has 0 radical (unpaired) electrons. The lowest BCUT2D eigenvalue weighted by Crippen LogP contribution is -2.27. The highest BCUT2D eigenvalue weighted by molar-refractivity contribution is 5.34. The summed E-state index contributed by atoms with van der Waals surface area (Å²) >= 11 is 0. The van der Waals surface area contributed by atoms with E-state index in [1.54, 1.807) is 0 Å². The number of aliphatic hydroxyl groups is 1. The molecule has 1 aromatic heterocycles. The Bertz CT molecular complexity index is 355. The second-order valence-corrected chi connectivity index (χ2v) is 3.91. The quantitative estimate of drug-likeness (QED) is 0.778. The molecule has 1 aromatic rings. The van der Waals surface area contributed by atoms with Gasteiger partial charge in [-0.2, -0.15) is 5.26 Å². The summed E-state index contributed by atoms with van der Waals surface area (Å²) in [7, 11) is 0. The van der Waals surface area contributed by atoms with Gasteiger partial charge in [0.2, 0.25) is 0 Å². The van der Waals surface area contributed by atoms with E-state index in [1.807, 2.05) is 6.07 Å². The van der Waals surface area contributed by atoms with Gasteiger partial charge >= 0.3 is 0 Å². The van der Waals surface area contributed by atoms with Gasteiger partial charge in [-0.15, -0.1) is 0 Å². The van der Waals surface area contributed by atoms with E-state index in [-0.39, 0.29) is 12.6 Å². The Hall–Kier alpha value is -1.67. The Balaban J connectivity index is 2.66. The molecule has 0 aliphatic rings. The first-order chi connectivity index (χ1) is 7.67. The summed E-state index contributed by atoms with van der Waals surface area (Å²) in [5.74, 6) is 1.02. The number of anilines is 1. The van der Waals surface area contributed by atoms with Crippen molar-refractivity contribution in [3.8, 4) is 6.07 Å². The van der Waals surface area contributed by atoms with Crippen LogP contribution in [0.2, 0.25) is 0 Å². The second kappa shape index (κ2) is 6.03. The summed E-state index contributed by atoms with van der Waals surface area (Å²) in [6.07, 6.45) is 3.63. The molecule has 1 unspecified atom stereocenters. The molecule has 0 aliphatic heterocycles. The number of aromatic nitrogens is 2. The average molecular weight is 220 g/mol. The van der Waals surface area contributed by atoms with E-state index in [0.717, 1.165) is 0 Å². The van der Waals surface area contributed by atoms with Crippen molar-refractivity contribution in [3.05, 3.63) is 18.1 Å². The van der Waals surface area contributed by atoms with Gasteiger partial charge < -0.3 is 10.4 Å². The van der Waals surface area contributed by atoms with Gasteiger partial charge in [0.25, 0.3) is 0 Å². The van der Waals surface area contributed by atoms with Crippen LogP contribution in [0.1, 0.15) is 26.0 Å². The first-order valence-electron chi connectivity index (χ1n) is 5.27. The van der Waals surface area contributed by atoms with Crippen molar-refractivity contribution < 1.29 is 5.11 Å². The third-order valence-corrected chi connectivity index (χ3v) is 2.34. The van der Waals surface area contributed by atoms with Crippen LogP contribution < -0.4 is 5.32 Å². The zero-order valence-electron chi connectivity index (χ0n) is 9.51. The Morgan fingerprint density at radius 2 is 2.19 bits per heavy atom. The van der Waals surface area contributed by atoms with E-state index in [4.69, 9.17) is 10.4 Å². The fraction of sp³-hybridized carbons (Fsp3) is 0.545. The molecule has 0 saturated carbocycles. The molecule has 1 heterocycles. The third kappa shape index (κ3) is 3.48. The number of aliphatic hydroxyl groups excluding tert-OH is 1. The Morgan fingerprint density at radius 1 is 1.44 bits per heavy atom. The average Bonchev–Trinajstić information content (AvgIpc) is 2.29. The number of hydrogen-bond acceptors (Lipinski definition) is 5. The minimum absolute atomic E-state index is 0.138. The SMILES string of the molecule is CC(C)C(CCO)Nc1cnc(C#N)cn1. The largest absolute Gasteiger partial charge is 0.396 e. The lowest BCUT2D eigenvalue weighted by atomic mass is 10.0. The van der Waals surface area contributed by atoms with Crippen molar-refractivity contribution in [1.82, 2.24) is 9.97 Å². The third-order valence-electron chi connectivity index (χ3n) is 2.34. The van der Waals surface area contributed by atoms with Gasteiger partial charge in [0.05, 0.1) is 12.4 Å². The lowest BCUT2D eigenvalue weighted by molar-refractivity contribution is 0.267. The molecule has 0 bridgehead atoms. The first-order valence-corrected chi connectivity index (χ1v) is 5.27. The predicted molar refractivity (Wildman–Crippen MR) is 60.7 cm³/mol. The van der Waals surface area contributed by atoms with Gasteiger partial charge in [-0.3, -0.25) is 0 Å². The molecule has 0 amide bonds. The minimum Gasteiger partial charge on any atom is -0.396 e. The molecular weight excluding hydrogens is 204 g/mol. The van der Waals surface area contributed by atoms with Gasteiger partial charge in [-0.1, -0.05) is 13.8 Å². The predicted octanol–water partition coefficient (Wildman–Crippen LogP) is 1.17. The molecular formula is C11H16N4O. The molecule has 1 rings (SSSR count). The number of rotatable bonds is 5. The molecule has 5 nitrogen and oxygen atoms in total.